The van der Waals surface area contributed by atoms with E-state index in [0.717, 1.165) is 24.4 Å². The molecular formula is C17H13F3N4O3S. The predicted octanol–water partition coefficient (Wildman–Crippen LogP) is 2.24. The molecular weight excluding hydrogens is 397 g/mol. The molecule has 0 bridgehead atoms. The van der Waals surface area contributed by atoms with E-state index in [9.17, 15) is 27.3 Å². The lowest BCUT2D eigenvalue weighted by molar-refractivity contribution is -0.137. The van der Waals surface area contributed by atoms with Crippen LogP contribution in [-0.4, -0.2) is 42.7 Å². The minimum atomic E-state index is -4.74. The lowest BCUT2D eigenvalue weighted by Gasteiger charge is -2.18. The van der Waals surface area contributed by atoms with Crippen molar-refractivity contribution in [2.45, 2.75) is 17.8 Å². The van der Waals surface area contributed by atoms with E-state index in [1.807, 2.05) is 0 Å². The quantitative estimate of drug-likeness (QED) is 0.827. The Morgan fingerprint density at radius 1 is 1.36 bits per heavy atom. The molecule has 1 aromatic heterocycles. The van der Waals surface area contributed by atoms with Crippen molar-refractivity contribution in [1.82, 2.24) is 9.97 Å². The van der Waals surface area contributed by atoms with Crippen molar-refractivity contribution in [3.63, 3.8) is 0 Å². The van der Waals surface area contributed by atoms with Crippen LogP contribution < -0.4 is 4.90 Å². The van der Waals surface area contributed by atoms with Gasteiger partial charge in [0.05, 0.1) is 27.8 Å². The number of nitrogens with zero attached hydrogens (tertiary/aromatic N) is 4. The highest BCUT2D eigenvalue weighted by Gasteiger charge is 2.39. The molecule has 2 unspecified atom stereocenters. The number of alkyl halides is 3. The first-order valence-electron chi connectivity index (χ1n) is 8.04. The predicted molar refractivity (Wildman–Crippen MR) is 92.9 cm³/mol. The number of aromatic hydroxyl groups is 1. The number of anilines is 1. The fourth-order valence-electron chi connectivity index (χ4n) is 2.92. The molecule has 1 N–H and O–H groups in total. The van der Waals surface area contributed by atoms with E-state index in [-0.39, 0.29) is 36.9 Å². The molecule has 2 aromatic rings. The first-order chi connectivity index (χ1) is 13.2. The summed E-state index contributed by atoms with van der Waals surface area (Å²) in [4.78, 5) is 21.5. The van der Waals surface area contributed by atoms with Crippen LogP contribution in [0.3, 0.4) is 0 Å². The lowest BCUT2D eigenvalue weighted by atomic mass is 10.1. The highest BCUT2D eigenvalue weighted by atomic mass is 32.2. The summed E-state index contributed by atoms with van der Waals surface area (Å²) in [6.07, 6.45) is -3.44. The van der Waals surface area contributed by atoms with Gasteiger partial charge in [-0.1, -0.05) is 12.1 Å². The van der Waals surface area contributed by atoms with Crippen molar-refractivity contribution in [1.29, 1.82) is 5.26 Å². The van der Waals surface area contributed by atoms with Crippen LogP contribution in [0.5, 0.6) is 5.75 Å². The molecule has 7 nitrogen and oxygen atoms in total. The van der Waals surface area contributed by atoms with Gasteiger partial charge in [0.25, 0.3) is 0 Å². The average Bonchev–Trinajstić information content (AvgIpc) is 3.16. The molecule has 1 aromatic carbocycles. The Bertz CT molecular complexity index is 990. The molecule has 1 saturated heterocycles. The second-order valence-electron chi connectivity index (χ2n) is 6.00. The van der Waals surface area contributed by atoms with Gasteiger partial charge in [-0.2, -0.15) is 23.4 Å². The molecule has 28 heavy (non-hydrogen) atoms. The normalized spacial score (nSPS) is 17.9. The minimum Gasteiger partial charge on any atom is -0.503 e. The molecule has 3 rings (SSSR count). The molecule has 0 spiro atoms. The van der Waals surface area contributed by atoms with Crippen molar-refractivity contribution >= 4 is 21.7 Å². The molecule has 0 radical (unpaired) electrons. The van der Waals surface area contributed by atoms with Crippen LogP contribution in [0.2, 0.25) is 0 Å². The zero-order valence-corrected chi connectivity index (χ0v) is 15.0. The molecule has 1 aliphatic heterocycles. The Morgan fingerprint density at radius 2 is 2.07 bits per heavy atom. The highest BCUT2D eigenvalue weighted by molar-refractivity contribution is 8.01. The second kappa shape index (κ2) is 7.55. The maximum absolute atomic E-state index is 13.1. The molecule has 1 fully saturated rings. The number of halogens is 3. The van der Waals surface area contributed by atoms with Crippen LogP contribution in [0.15, 0.2) is 30.5 Å². The van der Waals surface area contributed by atoms with E-state index < -0.39 is 38.5 Å². The molecule has 0 amide bonds. The van der Waals surface area contributed by atoms with Crippen LogP contribution in [0.4, 0.5) is 19.0 Å². The largest absolute Gasteiger partial charge is 0.503 e. The summed E-state index contributed by atoms with van der Waals surface area (Å²) >= 11 is 0. The van der Waals surface area contributed by atoms with Gasteiger partial charge >= 0.3 is 6.18 Å². The lowest BCUT2D eigenvalue weighted by Crippen LogP contribution is -2.28. The van der Waals surface area contributed by atoms with Gasteiger partial charge in [-0.05, 0) is 18.6 Å². The number of hydrogen-bond donors (Lipinski definition) is 1. The van der Waals surface area contributed by atoms with E-state index in [4.69, 9.17) is 5.26 Å². The Morgan fingerprint density at radius 3 is 2.75 bits per heavy atom. The van der Waals surface area contributed by atoms with Crippen molar-refractivity contribution < 1.29 is 27.3 Å². The van der Waals surface area contributed by atoms with Gasteiger partial charge < -0.3 is 10.0 Å². The van der Waals surface area contributed by atoms with Crippen LogP contribution in [0.25, 0.3) is 0 Å². The smallest absolute Gasteiger partial charge is 0.417 e. The summed E-state index contributed by atoms with van der Waals surface area (Å²) in [6, 6.07) is 5.95. The van der Waals surface area contributed by atoms with Crippen molar-refractivity contribution in [3.05, 3.63) is 47.4 Å². The first kappa shape index (κ1) is 19.8. The van der Waals surface area contributed by atoms with Crippen LogP contribution in [0.1, 0.15) is 28.2 Å². The maximum atomic E-state index is 13.1. The molecule has 2 heterocycles. The van der Waals surface area contributed by atoms with Gasteiger partial charge in [-0.25, -0.2) is 4.98 Å². The average molecular weight is 410 g/mol. The molecule has 0 aliphatic carbocycles. The Balaban J connectivity index is 1.81. The molecule has 11 heteroatoms. The monoisotopic (exact) mass is 410 g/mol. The molecule has 146 valence electrons. The van der Waals surface area contributed by atoms with Gasteiger partial charge in [0.2, 0.25) is 10.9 Å². The summed E-state index contributed by atoms with van der Waals surface area (Å²) in [5.41, 5.74) is -1.77. The van der Waals surface area contributed by atoms with Gasteiger partial charge in [0, 0.05) is 18.7 Å². The first-order valence-corrected chi connectivity index (χ1v) is 9.26. The fraction of sp³-hybridized carbons (Fsp3) is 0.294. The van der Waals surface area contributed by atoms with Crippen LogP contribution >= 0.6 is 0 Å². The van der Waals surface area contributed by atoms with E-state index in [1.54, 1.807) is 6.07 Å². The summed E-state index contributed by atoms with van der Waals surface area (Å²) in [7, 11) is -2.21. The Hall–Kier alpha value is -3.00. The van der Waals surface area contributed by atoms with Crippen molar-refractivity contribution in [3.8, 4) is 11.8 Å². The zero-order valence-electron chi connectivity index (χ0n) is 14.2. The number of carbonyl (C=O) groups excluding carboxylic acids is 1. The number of carbonyl (C=O) groups is 1. The SMILES string of the molecule is N#Cc1ncc(O)c(N2CCC(S(=O)C(=O)c3ccccc3C(F)(F)F)C2)n1. The summed E-state index contributed by atoms with van der Waals surface area (Å²) in [6.45, 7) is 0.294. The number of hydrogen-bond acceptors (Lipinski definition) is 7. The molecule has 2 atom stereocenters. The highest BCUT2D eigenvalue weighted by Crippen LogP contribution is 2.34. The standard InChI is InChI=1S/C17H13F3N4O3S/c18-17(19,20)12-4-2-1-3-11(12)16(26)28(27)10-5-6-24(9-10)15-13(25)8-22-14(7-21)23-15/h1-4,8,10,25H,5-6,9H2. The van der Waals surface area contributed by atoms with Gasteiger partial charge in [0.1, 0.15) is 6.07 Å². The number of aromatic nitrogens is 2. The maximum Gasteiger partial charge on any atom is 0.417 e. The van der Waals surface area contributed by atoms with Crippen LogP contribution in [0, 0.1) is 11.3 Å². The van der Waals surface area contributed by atoms with Crippen molar-refractivity contribution in [2.75, 3.05) is 18.0 Å². The summed E-state index contributed by atoms with van der Waals surface area (Å²) in [5, 5.41) is 16.9. The fourth-order valence-corrected chi connectivity index (χ4v) is 4.25. The Labute approximate surface area is 159 Å². The third-order valence-electron chi connectivity index (χ3n) is 4.23. The second-order valence-corrected chi connectivity index (χ2v) is 7.63. The van der Waals surface area contributed by atoms with E-state index in [0.29, 0.717) is 0 Å². The number of rotatable bonds is 3. The van der Waals surface area contributed by atoms with Crippen molar-refractivity contribution in [2.24, 2.45) is 0 Å². The minimum absolute atomic E-state index is 0.0297. The summed E-state index contributed by atoms with van der Waals surface area (Å²) in [5.74, 6) is -0.416. The van der Waals surface area contributed by atoms with Gasteiger partial charge in [-0.3, -0.25) is 9.00 Å². The van der Waals surface area contributed by atoms with E-state index in [1.165, 1.54) is 11.0 Å². The number of benzene rings is 1. The van der Waals surface area contributed by atoms with Gasteiger partial charge in [-0.15, -0.1) is 0 Å². The third-order valence-corrected chi connectivity index (χ3v) is 5.81. The molecule has 1 aliphatic rings. The summed E-state index contributed by atoms with van der Waals surface area (Å²) < 4.78 is 52.0. The Kier molecular flexibility index (Phi) is 5.33. The number of nitriles is 1. The topological polar surface area (TPSA) is 107 Å². The zero-order chi connectivity index (χ0) is 20.5. The van der Waals surface area contributed by atoms with Gasteiger partial charge in [0.15, 0.2) is 11.6 Å². The van der Waals surface area contributed by atoms with E-state index >= 15 is 0 Å². The molecule has 0 saturated carbocycles. The third kappa shape index (κ3) is 3.82. The van der Waals surface area contributed by atoms with Crippen LogP contribution in [-0.2, 0) is 17.0 Å². The van der Waals surface area contributed by atoms with E-state index in [2.05, 4.69) is 9.97 Å².